The van der Waals surface area contributed by atoms with E-state index >= 15 is 0 Å². The van der Waals surface area contributed by atoms with Crippen molar-refractivity contribution >= 4 is 5.91 Å². The molecule has 1 amide bonds. The van der Waals surface area contributed by atoms with Gasteiger partial charge in [0.15, 0.2) is 5.82 Å². The molecule has 6 nitrogen and oxygen atoms in total. The number of rotatable bonds is 6. The van der Waals surface area contributed by atoms with Gasteiger partial charge in [-0.25, -0.2) is 0 Å². The van der Waals surface area contributed by atoms with Gasteiger partial charge in [0.25, 0.3) is 0 Å². The molecule has 0 radical (unpaired) electrons. The van der Waals surface area contributed by atoms with Crippen molar-refractivity contribution in [1.82, 2.24) is 20.4 Å². The molecule has 1 saturated heterocycles. The van der Waals surface area contributed by atoms with Crippen molar-refractivity contribution in [3.8, 4) is 0 Å². The standard InChI is InChI=1S/C15H24N4O2/c1-10(2)5-13-17-15(21-18-13)7-16-14(20)9-19-8-11-3-4-12(19)6-11/h10-12H,3-9H2,1-2H3,(H,16,20)/t11-,12+/m1/s1. The molecule has 0 aromatic carbocycles. The number of fused-ring (bicyclic) bond motifs is 2. The molecule has 2 heterocycles. The van der Waals surface area contributed by atoms with Crippen molar-refractivity contribution in [2.24, 2.45) is 11.8 Å². The highest BCUT2D eigenvalue weighted by Gasteiger charge is 2.38. The van der Waals surface area contributed by atoms with E-state index in [1.54, 1.807) is 0 Å². The Morgan fingerprint density at radius 2 is 2.33 bits per heavy atom. The summed E-state index contributed by atoms with van der Waals surface area (Å²) in [7, 11) is 0. The van der Waals surface area contributed by atoms with Crippen LogP contribution >= 0.6 is 0 Å². The summed E-state index contributed by atoms with van der Waals surface area (Å²) in [6.45, 7) is 6.13. The number of carbonyl (C=O) groups excluding carboxylic acids is 1. The third-order valence-electron chi connectivity index (χ3n) is 4.41. The molecule has 0 spiro atoms. The highest BCUT2D eigenvalue weighted by molar-refractivity contribution is 5.78. The molecule has 116 valence electrons. The SMILES string of the molecule is CC(C)Cc1noc(CNC(=O)CN2C[C@@H]3CC[C@H]2C3)n1. The molecule has 1 N–H and O–H groups in total. The summed E-state index contributed by atoms with van der Waals surface area (Å²) in [6.07, 6.45) is 4.66. The maximum atomic E-state index is 12.0. The van der Waals surface area contributed by atoms with Crippen molar-refractivity contribution in [2.45, 2.75) is 52.1 Å². The van der Waals surface area contributed by atoms with Crippen LogP contribution in [-0.4, -0.2) is 40.1 Å². The minimum Gasteiger partial charge on any atom is -0.346 e. The number of aromatic nitrogens is 2. The van der Waals surface area contributed by atoms with Gasteiger partial charge in [0.05, 0.1) is 13.1 Å². The number of piperidine rings is 1. The molecular weight excluding hydrogens is 268 g/mol. The average Bonchev–Trinajstić information content (AvgIpc) is 3.12. The Balaban J connectivity index is 1.42. The highest BCUT2D eigenvalue weighted by Crippen LogP contribution is 2.36. The second-order valence-corrected chi connectivity index (χ2v) is 6.74. The predicted molar refractivity (Wildman–Crippen MR) is 77.4 cm³/mol. The van der Waals surface area contributed by atoms with Crippen molar-refractivity contribution < 1.29 is 9.32 Å². The summed E-state index contributed by atoms with van der Waals surface area (Å²) in [6, 6.07) is 0.627. The van der Waals surface area contributed by atoms with Crippen molar-refractivity contribution in [3.63, 3.8) is 0 Å². The molecule has 2 fully saturated rings. The van der Waals surface area contributed by atoms with Crippen LogP contribution in [0.15, 0.2) is 4.52 Å². The van der Waals surface area contributed by atoms with Gasteiger partial charge in [0.1, 0.15) is 0 Å². The lowest BCUT2D eigenvalue weighted by atomic mass is 10.1. The zero-order valence-electron chi connectivity index (χ0n) is 12.8. The van der Waals surface area contributed by atoms with Crippen LogP contribution in [0, 0.1) is 11.8 Å². The maximum Gasteiger partial charge on any atom is 0.246 e. The maximum absolute atomic E-state index is 12.0. The summed E-state index contributed by atoms with van der Waals surface area (Å²) >= 11 is 0. The Morgan fingerprint density at radius 1 is 1.48 bits per heavy atom. The Kier molecular flexibility index (Phi) is 4.24. The average molecular weight is 292 g/mol. The largest absolute Gasteiger partial charge is 0.346 e. The molecule has 2 atom stereocenters. The van der Waals surface area contributed by atoms with Crippen LogP contribution in [0.3, 0.4) is 0 Å². The highest BCUT2D eigenvalue weighted by atomic mass is 16.5. The number of hydrogen-bond acceptors (Lipinski definition) is 5. The van der Waals surface area contributed by atoms with Crippen LogP contribution < -0.4 is 5.32 Å². The third kappa shape index (κ3) is 3.61. The van der Waals surface area contributed by atoms with E-state index in [4.69, 9.17) is 4.52 Å². The predicted octanol–water partition coefficient (Wildman–Crippen LogP) is 1.37. The van der Waals surface area contributed by atoms with Gasteiger partial charge in [-0.2, -0.15) is 4.98 Å². The normalized spacial score (nSPS) is 24.9. The third-order valence-corrected chi connectivity index (χ3v) is 4.41. The number of nitrogens with zero attached hydrogens (tertiary/aromatic N) is 3. The fourth-order valence-corrected chi connectivity index (χ4v) is 3.44. The lowest BCUT2D eigenvalue weighted by Gasteiger charge is -2.25. The first-order valence-corrected chi connectivity index (χ1v) is 7.92. The van der Waals surface area contributed by atoms with Gasteiger partial charge in [0.2, 0.25) is 11.8 Å². The van der Waals surface area contributed by atoms with Gasteiger partial charge in [0, 0.05) is 19.0 Å². The first-order chi connectivity index (χ1) is 10.1. The van der Waals surface area contributed by atoms with Crippen LogP contribution in [-0.2, 0) is 17.8 Å². The van der Waals surface area contributed by atoms with E-state index in [9.17, 15) is 4.79 Å². The molecule has 1 saturated carbocycles. The number of hydrogen-bond donors (Lipinski definition) is 1. The van der Waals surface area contributed by atoms with E-state index in [1.807, 2.05) is 0 Å². The van der Waals surface area contributed by atoms with E-state index < -0.39 is 0 Å². The van der Waals surface area contributed by atoms with Crippen LogP contribution in [0.25, 0.3) is 0 Å². The Morgan fingerprint density at radius 3 is 3.00 bits per heavy atom. The summed E-state index contributed by atoms with van der Waals surface area (Å²) in [5, 5.41) is 6.80. The second kappa shape index (κ2) is 6.13. The number of nitrogens with one attached hydrogen (secondary N) is 1. The van der Waals surface area contributed by atoms with Gasteiger partial charge in [-0.05, 0) is 31.1 Å². The number of carbonyl (C=O) groups is 1. The van der Waals surface area contributed by atoms with E-state index in [-0.39, 0.29) is 5.91 Å². The summed E-state index contributed by atoms with van der Waals surface area (Å²) < 4.78 is 5.15. The first kappa shape index (κ1) is 14.5. The number of likely N-dealkylation sites (tertiary alicyclic amines) is 1. The molecule has 1 aliphatic carbocycles. The molecule has 3 rings (SSSR count). The van der Waals surface area contributed by atoms with Gasteiger partial charge < -0.3 is 9.84 Å². The van der Waals surface area contributed by atoms with Gasteiger partial charge >= 0.3 is 0 Å². The molecule has 1 aromatic heterocycles. The second-order valence-electron chi connectivity index (χ2n) is 6.74. The van der Waals surface area contributed by atoms with E-state index in [0.717, 1.165) is 18.9 Å². The van der Waals surface area contributed by atoms with Crippen LogP contribution in [0.1, 0.15) is 44.8 Å². The van der Waals surface area contributed by atoms with Crippen molar-refractivity contribution in [2.75, 3.05) is 13.1 Å². The zero-order valence-corrected chi connectivity index (χ0v) is 12.8. The molecule has 1 aliphatic heterocycles. The fourth-order valence-electron chi connectivity index (χ4n) is 3.44. The van der Waals surface area contributed by atoms with E-state index in [1.165, 1.54) is 19.3 Å². The first-order valence-electron chi connectivity index (χ1n) is 7.92. The van der Waals surface area contributed by atoms with Crippen LogP contribution in [0.4, 0.5) is 0 Å². The Hall–Kier alpha value is -1.43. The lowest BCUT2D eigenvalue weighted by molar-refractivity contribution is -0.122. The monoisotopic (exact) mass is 292 g/mol. The fraction of sp³-hybridized carbons (Fsp3) is 0.800. The molecular formula is C15H24N4O2. The summed E-state index contributed by atoms with van der Waals surface area (Å²) in [4.78, 5) is 18.6. The smallest absolute Gasteiger partial charge is 0.246 e. The van der Waals surface area contributed by atoms with Crippen molar-refractivity contribution in [1.29, 1.82) is 0 Å². The lowest BCUT2D eigenvalue weighted by Crippen LogP contribution is -2.41. The molecule has 2 aliphatic rings. The van der Waals surface area contributed by atoms with Crippen LogP contribution in [0.5, 0.6) is 0 Å². The topological polar surface area (TPSA) is 71.3 Å². The summed E-state index contributed by atoms with van der Waals surface area (Å²) in [5.74, 6) is 2.56. The Labute approximate surface area is 125 Å². The quantitative estimate of drug-likeness (QED) is 0.857. The van der Waals surface area contributed by atoms with Crippen LogP contribution in [0.2, 0.25) is 0 Å². The molecule has 1 aromatic rings. The summed E-state index contributed by atoms with van der Waals surface area (Å²) in [5.41, 5.74) is 0. The minimum absolute atomic E-state index is 0.0474. The Bertz CT molecular complexity index is 500. The minimum atomic E-state index is 0.0474. The molecule has 21 heavy (non-hydrogen) atoms. The van der Waals surface area contributed by atoms with Crippen molar-refractivity contribution in [3.05, 3.63) is 11.7 Å². The van der Waals surface area contributed by atoms with Gasteiger partial charge in [-0.1, -0.05) is 19.0 Å². The number of amides is 1. The zero-order chi connectivity index (χ0) is 14.8. The van der Waals surface area contributed by atoms with Gasteiger partial charge in [-0.15, -0.1) is 0 Å². The molecule has 0 unspecified atom stereocenters. The van der Waals surface area contributed by atoms with E-state index in [0.29, 0.717) is 36.8 Å². The van der Waals surface area contributed by atoms with E-state index in [2.05, 4.69) is 34.2 Å². The molecule has 2 bridgehead atoms. The molecule has 6 heteroatoms. The van der Waals surface area contributed by atoms with Gasteiger partial charge in [-0.3, -0.25) is 9.69 Å².